The maximum Gasteiger partial charge on any atom is 0.376 e. The van der Waals surface area contributed by atoms with Crippen LogP contribution in [0.4, 0.5) is 28.4 Å². The Bertz CT molecular complexity index is 3600. The minimum absolute atomic E-state index is 0.0144. The molecule has 3 aliphatic rings. The van der Waals surface area contributed by atoms with E-state index in [4.69, 9.17) is 8.83 Å². The fraction of sp³-hybridized carbons (Fsp3) is 0.228. The normalized spacial score (nSPS) is 16.3. The van der Waals surface area contributed by atoms with Crippen molar-refractivity contribution < 1.29 is 8.83 Å². The molecule has 6 heteroatoms. The summed E-state index contributed by atoms with van der Waals surface area (Å²) in [5.74, 6) is 0. The van der Waals surface area contributed by atoms with Crippen LogP contribution in [-0.2, 0) is 16.2 Å². The molecule has 308 valence electrons. The first kappa shape index (κ1) is 37.3. The van der Waals surface area contributed by atoms with Crippen LogP contribution in [0.3, 0.4) is 0 Å². The zero-order valence-corrected chi connectivity index (χ0v) is 38.1. The zero-order chi connectivity index (χ0) is 42.9. The van der Waals surface area contributed by atoms with Gasteiger partial charge in [-0.1, -0.05) is 115 Å². The first-order chi connectivity index (χ1) is 30.3. The molecule has 0 radical (unpaired) electrons. The van der Waals surface area contributed by atoms with Gasteiger partial charge in [-0.2, -0.15) is 0 Å². The maximum atomic E-state index is 7.36. The van der Waals surface area contributed by atoms with Gasteiger partial charge in [-0.25, -0.2) is 0 Å². The number of anilines is 5. The van der Waals surface area contributed by atoms with Gasteiger partial charge in [0.25, 0.3) is 0 Å². The highest BCUT2D eigenvalue weighted by Gasteiger charge is 2.51. The van der Waals surface area contributed by atoms with Crippen LogP contribution in [0.15, 0.2) is 136 Å². The number of hydrogen-bond acceptors (Lipinski definition) is 5. The molecule has 10 aromatic rings. The van der Waals surface area contributed by atoms with Crippen LogP contribution in [0.25, 0.3) is 64.2 Å². The molecule has 0 saturated carbocycles. The van der Waals surface area contributed by atoms with Gasteiger partial charge >= 0.3 is 6.85 Å². The molecule has 0 fully saturated rings. The van der Waals surface area contributed by atoms with Gasteiger partial charge in [0.1, 0.15) is 22.4 Å². The van der Waals surface area contributed by atoms with E-state index in [-0.39, 0.29) is 23.1 Å². The van der Waals surface area contributed by atoms with E-state index < -0.39 is 0 Å². The minimum atomic E-state index is -0.296. The van der Waals surface area contributed by atoms with Gasteiger partial charge in [0, 0.05) is 70.2 Å². The van der Waals surface area contributed by atoms with Crippen molar-refractivity contribution in [3.63, 3.8) is 0 Å². The van der Waals surface area contributed by atoms with Crippen molar-refractivity contribution in [2.75, 3.05) is 9.71 Å². The molecule has 7 aromatic carbocycles. The molecule has 0 spiro atoms. The average molecular weight is 837 g/mol. The fourth-order valence-corrected chi connectivity index (χ4v) is 12.7. The van der Waals surface area contributed by atoms with Gasteiger partial charge in [0.2, 0.25) is 0 Å². The Morgan fingerprint density at radius 3 is 1.98 bits per heavy atom. The predicted octanol–water partition coefficient (Wildman–Crippen LogP) is 15.4. The molecule has 0 bridgehead atoms. The van der Waals surface area contributed by atoms with Crippen LogP contribution in [0.2, 0.25) is 0 Å². The number of thiophene rings is 1. The van der Waals surface area contributed by atoms with Gasteiger partial charge in [-0.05, 0) is 124 Å². The highest BCUT2D eigenvalue weighted by atomic mass is 32.1. The molecular formula is C57H49BN2O2S. The third kappa shape index (κ3) is 5.04. The first-order valence-electron chi connectivity index (χ1n) is 22.6. The van der Waals surface area contributed by atoms with Crippen LogP contribution in [-0.4, -0.2) is 6.85 Å². The van der Waals surface area contributed by atoms with Crippen LogP contribution < -0.4 is 20.8 Å². The van der Waals surface area contributed by atoms with Crippen molar-refractivity contribution >= 4 is 111 Å². The number of para-hydroxylation sites is 2. The summed E-state index contributed by atoms with van der Waals surface area (Å²) in [6, 6.07) is 47.7. The molecule has 63 heavy (non-hydrogen) atoms. The lowest BCUT2D eigenvalue weighted by atomic mass is 9.45. The van der Waals surface area contributed by atoms with Crippen LogP contribution in [0.5, 0.6) is 0 Å². The first-order valence-corrected chi connectivity index (χ1v) is 23.4. The molecule has 2 aliphatic heterocycles. The fourth-order valence-electron chi connectivity index (χ4n) is 11.5. The van der Waals surface area contributed by atoms with E-state index in [2.05, 4.69) is 192 Å². The number of hydrogen-bond donors (Lipinski definition) is 0. The molecule has 0 saturated heterocycles. The van der Waals surface area contributed by atoms with Crippen molar-refractivity contribution in [1.29, 1.82) is 0 Å². The second kappa shape index (κ2) is 12.5. The van der Waals surface area contributed by atoms with Crippen molar-refractivity contribution in [2.45, 2.75) is 84.5 Å². The lowest BCUT2D eigenvalue weighted by molar-refractivity contribution is 0.332. The number of rotatable bonds is 2. The third-order valence-corrected chi connectivity index (χ3v) is 16.1. The number of benzene rings is 7. The minimum Gasteiger partial charge on any atom is -0.466 e. The molecule has 5 heterocycles. The Kier molecular flexibility index (Phi) is 7.40. The summed E-state index contributed by atoms with van der Waals surface area (Å²) in [5, 5.41) is 5.91. The molecule has 0 amide bonds. The summed E-state index contributed by atoms with van der Waals surface area (Å²) in [5.41, 5.74) is 18.6. The summed E-state index contributed by atoms with van der Waals surface area (Å²) in [6.07, 6.45) is 2.31. The van der Waals surface area contributed by atoms with Gasteiger partial charge in [0.15, 0.2) is 0 Å². The van der Waals surface area contributed by atoms with E-state index in [0.717, 1.165) is 67.6 Å². The standard InChI is InChI=1S/C57H49BN2O2S/c1-32-29-39-40(57(7,8)28-27-56(39,5)6)31-42(32)59-43-30-38-35-15-9-12-18-44(35)61-53(38)50-49-41(25-26-47-48(49)37-17-11-14-20-46(37)63-47)60(34-23-21-33(22-24-34)55(2,3)4)58(51(43)50)54-52(59)36-16-10-13-19-45(36)62-54/h9-26,29-31H,27-28H2,1-8H3. The molecule has 0 N–H and O–H groups in total. The summed E-state index contributed by atoms with van der Waals surface area (Å²) in [6.45, 7) is 18.6. The Balaban J connectivity index is 1.23. The molecular weight excluding hydrogens is 788 g/mol. The lowest BCUT2D eigenvalue weighted by Gasteiger charge is -2.45. The number of fused-ring (bicyclic) bond motifs is 15. The van der Waals surface area contributed by atoms with Crippen LogP contribution in [0.1, 0.15) is 83.6 Å². The second-order valence-electron chi connectivity index (χ2n) is 20.8. The van der Waals surface area contributed by atoms with E-state index >= 15 is 0 Å². The number of furan rings is 2. The van der Waals surface area contributed by atoms with Crippen molar-refractivity contribution in [3.8, 4) is 11.1 Å². The van der Waals surface area contributed by atoms with Crippen molar-refractivity contribution in [3.05, 3.63) is 150 Å². The Morgan fingerprint density at radius 2 is 1.25 bits per heavy atom. The predicted molar refractivity (Wildman–Crippen MR) is 269 cm³/mol. The third-order valence-electron chi connectivity index (χ3n) is 15.0. The van der Waals surface area contributed by atoms with Gasteiger partial charge in [-0.15, -0.1) is 11.3 Å². The largest absolute Gasteiger partial charge is 0.466 e. The summed E-state index contributed by atoms with van der Waals surface area (Å²) < 4.78 is 17.1. The van der Waals surface area contributed by atoms with Crippen molar-refractivity contribution in [1.82, 2.24) is 0 Å². The summed E-state index contributed by atoms with van der Waals surface area (Å²) >= 11 is 1.87. The quantitative estimate of drug-likeness (QED) is 0.162. The molecule has 1 aliphatic carbocycles. The molecule has 4 nitrogen and oxygen atoms in total. The highest BCUT2D eigenvalue weighted by Crippen LogP contribution is 2.56. The van der Waals surface area contributed by atoms with Crippen LogP contribution in [0, 0.1) is 6.92 Å². The van der Waals surface area contributed by atoms with Crippen LogP contribution >= 0.6 is 11.3 Å². The monoisotopic (exact) mass is 836 g/mol. The number of aryl methyl sites for hydroxylation is 1. The Hall–Kier alpha value is -6.24. The van der Waals surface area contributed by atoms with Gasteiger partial charge in [-0.3, -0.25) is 0 Å². The topological polar surface area (TPSA) is 32.8 Å². The van der Waals surface area contributed by atoms with Gasteiger partial charge < -0.3 is 18.5 Å². The summed E-state index contributed by atoms with van der Waals surface area (Å²) in [4.78, 5) is 5.17. The van der Waals surface area contributed by atoms with E-state index in [1.165, 1.54) is 71.2 Å². The summed E-state index contributed by atoms with van der Waals surface area (Å²) in [7, 11) is 0. The maximum absolute atomic E-state index is 7.36. The SMILES string of the molecule is Cc1cc2c(cc1N1c3cc4c(oc5ccccc54)c4c3B(c3oc5ccccc5c31)N(c1ccc(C(C)(C)C)cc1)c1ccc3sc5ccccc5c3c1-4)C(C)(C)CCC2(C)C. The second-order valence-corrected chi connectivity index (χ2v) is 21.8. The molecule has 3 aromatic heterocycles. The van der Waals surface area contributed by atoms with E-state index in [0.29, 0.717) is 0 Å². The lowest BCUT2D eigenvalue weighted by Crippen LogP contribution is -2.61. The zero-order valence-electron chi connectivity index (χ0n) is 37.2. The van der Waals surface area contributed by atoms with E-state index in [1.54, 1.807) is 0 Å². The van der Waals surface area contributed by atoms with E-state index in [9.17, 15) is 0 Å². The van der Waals surface area contributed by atoms with E-state index in [1.807, 2.05) is 11.3 Å². The molecule has 0 unspecified atom stereocenters. The molecule has 0 atom stereocenters. The highest BCUT2D eigenvalue weighted by molar-refractivity contribution is 7.26. The smallest absolute Gasteiger partial charge is 0.376 e. The Labute approximate surface area is 372 Å². The van der Waals surface area contributed by atoms with Gasteiger partial charge in [0.05, 0.1) is 5.69 Å². The average Bonchev–Trinajstić information content (AvgIpc) is 3.97. The Morgan fingerprint density at radius 1 is 0.603 bits per heavy atom. The molecule has 13 rings (SSSR count). The van der Waals surface area contributed by atoms with Crippen molar-refractivity contribution in [2.24, 2.45) is 0 Å². The number of nitrogens with zero attached hydrogens (tertiary/aromatic N) is 2.